The fourth-order valence-corrected chi connectivity index (χ4v) is 3.88. The van der Waals surface area contributed by atoms with Crippen molar-refractivity contribution in [2.45, 2.75) is 63.9 Å². The highest BCUT2D eigenvalue weighted by molar-refractivity contribution is 5.91. The van der Waals surface area contributed by atoms with Crippen molar-refractivity contribution in [3.63, 3.8) is 0 Å². The molecule has 0 saturated carbocycles. The van der Waals surface area contributed by atoms with Crippen molar-refractivity contribution < 1.29 is 33.3 Å². The van der Waals surface area contributed by atoms with Crippen LogP contribution >= 0.6 is 0 Å². The fraction of sp³-hybridized carbons (Fsp3) is 0.571. The summed E-state index contributed by atoms with van der Waals surface area (Å²) in [5, 5.41) is 0. The van der Waals surface area contributed by atoms with E-state index in [-0.39, 0.29) is 30.3 Å². The number of hydrogen-bond acceptors (Lipinski definition) is 7. The van der Waals surface area contributed by atoms with Gasteiger partial charge in [0, 0.05) is 24.5 Å². The number of carbonyl (C=O) groups excluding carboxylic acids is 3. The van der Waals surface area contributed by atoms with Gasteiger partial charge in [0.15, 0.2) is 0 Å². The first-order chi connectivity index (χ1) is 13.1. The second kappa shape index (κ2) is 7.54. The Morgan fingerprint density at radius 3 is 2.71 bits per heavy atom. The van der Waals surface area contributed by atoms with Crippen molar-refractivity contribution >= 4 is 17.9 Å². The zero-order valence-corrected chi connectivity index (χ0v) is 16.5. The molecule has 3 aliphatic rings. The molecule has 2 aliphatic heterocycles. The van der Waals surface area contributed by atoms with Crippen LogP contribution in [-0.2, 0) is 33.3 Å². The molecule has 3 rings (SSSR count). The zero-order chi connectivity index (χ0) is 20.6. The third-order valence-corrected chi connectivity index (χ3v) is 5.49. The number of fused-ring (bicyclic) bond motifs is 2. The van der Waals surface area contributed by atoms with Crippen molar-refractivity contribution in [2.75, 3.05) is 6.61 Å². The lowest BCUT2D eigenvalue weighted by Crippen LogP contribution is -2.39. The van der Waals surface area contributed by atoms with Crippen LogP contribution < -0.4 is 0 Å². The molecule has 7 heteroatoms. The van der Waals surface area contributed by atoms with Crippen LogP contribution in [0.4, 0.5) is 0 Å². The van der Waals surface area contributed by atoms with E-state index in [1.54, 1.807) is 6.92 Å². The summed E-state index contributed by atoms with van der Waals surface area (Å²) in [6, 6.07) is 0. The standard InChI is InChI=1S/C21H26O7/c1-11(2)19(23)27-16-9-21(10-25-14(5)22)17(28-21)7-6-12(3)8-15-18(16)13(4)20(24)26-15/h8,15-18H,1,4,6-7,9-10H2,2-3,5H3/b12-8+/t15-,16-,17-,18+,21+/m1/s1. The third-order valence-electron chi connectivity index (χ3n) is 5.49. The molecule has 28 heavy (non-hydrogen) atoms. The van der Waals surface area contributed by atoms with E-state index in [0.717, 1.165) is 18.4 Å². The summed E-state index contributed by atoms with van der Waals surface area (Å²) in [6.45, 7) is 12.4. The highest BCUT2D eigenvalue weighted by Gasteiger charge is 2.60. The summed E-state index contributed by atoms with van der Waals surface area (Å²) in [5.74, 6) is -2.01. The molecule has 0 amide bonds. The Balaban J connectivity index is 1.95. The Morgan fingerprint density at radius 1 is 1.36 bits per heavy atom. The molecular formula is C21H26O7. The molecule has 0 bridgehead atoms. The number of carbonyl (C=O) groups is 3. The van der Waals surface area contributed by atoms with Crippen LogP contribution in [0.3, 0.4) is 0 Å². The molecule has 0 aromatic heterocycles. The molecule has 2 fully saturated rings. The number of allylic oxidation sites excluding steroid dienone is 1. The van der Waals surface area contributed by atoms with Crippen molar-refractivity contribution in [3.8, 4) is 0 Å². The molecule has 0 aromatic carbocycles. The first kappa shape index (κ1) is 20.3. The van der Waals surface area contributed by atoms with Crippen LogP contribution in [0.5, 0.6) is 0 Å². The lowest BCUT2D eigenvalue weighted by molar-refractivity contribution is -0.151. The van der Waals surface area contributed by atoms with Crippen molar-refractivity contribution in [1.82, 2.24) is 0 Å². The fourth-order valence-electron chi connectivity index (χ4n) is 3.88. The highest BCUT2D eigenvalue weighted by Crippen LogP contribution is 2.48. The number of esters is 3. The summed E-state index contributed by atoms with van der Waals surface area (Å²) < 4.78 is 22.3. The molecule has 0 radical (unpaired) electrons. The number of hydrogen-bond donors (Lipinski definition) is 0. The molecule has 0 unspecified atom stereocenters. The van der Waals surface area contributed by atoms with Gasteiger partial charge in [-0.25, -0.2) is 9.59 Å². The smallest absolute Gasteiger partial charge is 0.334 e. The van der Waals surface area contributed by atoms with Gasteiger partial charge in [-0.1, -0.05) is 18.7 Å². The molecule has 5 atom stereocenters. The minimum Gasteiger partial charge on any atom is -0.463 e. The van der Waals surface area contributed by atoms with E-state index < -0.39 is 41.6 Å². The van der Waals surface area contributed by atoms with Crippen LogP contribution in [0.25, 0.3) is 0 Å². The van der Waals surface area contributed by atoms with E-state index in [0.29, 0.717) is 0 Å². The van der Waals surface area contributed by atoms with E-state index in [4.69, 9.17) is 18.9 Å². The van der Waals surface area contributed by atoms with Gasteiger partial charge in [0.2, 0.25) is 0 Å². The molecule has 0 aromatic rings. The Kier molecular flexibility index (Phi) is 5.48. The predicted molar refractivity (Wildman–Crippen MR) is 99.0 cm³/mol. The van der Waals surface area contributed by atoms with E-state index in [1.807, 2.05) is 13.0 Å². The minimum absolute atomic E-state index is 0.0650. The SMILES string of the molecule is C=C(C)C(=O)O[C@@H]1C[C@@]2(COC(C)=O)O[C@@H]2CC/C(C)=C/[C@H]2OC(=O)C(=C)[C@@H]21. The average molecular weight is 390 g/mol. The lowest BCUT2D eigenvalue weighted by Gasteiger charge is -2.29. The Labute approximate surface area is 164 Å². The normalized spacial score (nSPS) is 36.2. The summed E-state index contributed by atoms with van der Waals surface area (Å²) in [6.07, 6.45) is 2.24. The van der Waals surface area contributed by atoms with Crippen LogP contribution in [0, 0.1) is 5.92 Å². The molecular weight excluding hydrogens is 364 g/mol. The van der Waals surface area contributed by atoms with Crippen LogP contribution in [0.15, 0.2) is 36.0 Å². The summed E-state index contributed by atoms with van der Waals surface area (Å²) in [4.78, 5) is 35.8. The van der Waals surface area contributed by atoms with Gasteiger partial charge in [0.05, 0.1) is 12.0 Å². The van der Waals surface area contributed by atoms with Crippen LogP contribution in [0.2, 0.25) is 0 Å². The largest absolute Gasteiger partial charge is 0.463 e. The number of rotatable bonds is 4. The van der Waals surface area contributed by atoms with Gasteiger partial charge in [0.25, 0.3) is 0 Å². The topological polar surface area (TPSA) is 91.4 Å². The molecule has 1 aliphatic carbocycles. The second-order valence-electron chi connectivity index (χ2n) is 7.85. The van der Waals surface area contributed by atoms with Gasteiger partial charge in [-0.2, -0.15) is 0 Å². The van der Waals surface area contributed by atoms with Crippen molar-refractivity contribution in [2.24, 2.45) is 5.92 Å². The van der Waals surface area contributed by atoms with Crippen LogP contribution in [-0.4, -0.2) is 48.4 Å². The van der Waals surface area contributed by atoms with Gasteiger partial charge in [0.1, 0.15) is 24.4 Å². The van der Waals surface area contributed by atoms with Crippen LogP contribution in [0.1, 0.15) is 40.0 Å². The Hall–Kier alpha value is -2.41. The van der Waals surface area contributed by atoms with Crippen molar-refractivity contribution in [1.29, 1.82) is 0 Å². The summed E-state index contributed by atoms with van der Waals surface area (Å²) in [5.41, 5.74) is 0.800. The molecule has 7 nitrogen and oxygen atoms in total. The van der Waals surface area contributed by atoms with Gasteiger partial charge in [-0.05, 0) is 32.8 Å². The first-order valence-corrected chi connectivity index (χ1v) is 9.37. The maximum absolute atomic E-state index is 12.3. The third kappa shape index (κ3) is 4.04. The first-order valence-electron chi connectivity index (χ1n) is 9.37. The number of ether oxygens (including phenoxy) is 4. The lowest BCUT2D eigenvalue weighted by atomic mass is 9.82. The molecule has 152 valence electrons. The van der Waals surface area contributed by atoms with Crippen molar-refractivity contribution in [3.05, 3.63) is 36.0 Å². The van der Waals surface area contributed by atoms with Gasteiger partial charge < -0.3 is 18.9 Å². The second-order valence-corrected chi connectivity index (χ2v) is 7.85. The molecule has 0 spiro atoms. The van der Waals surface area contributed by atoms with Gasteiger partial charge in [-0.15, -0.1) is 0 Å². The monoisotopic (exact) mass is 390 g/mol. The van der Waals surface area contributed by atoms with Gasteiger partial charge >= 0.3 is 17.9 Å². The minimum atomic E-state index is -0.750. The van der Waals surface area contributed by atoms with E-state index in [1.165, 1.54) is 6.92 Å². The quantitative estimate of drug-likeness (QED) is 0.239. The molecule has 2 heterocycles. The van der Waals surface area contributed by atoms with E-state index >= 15 is 0 Å². The predicted octanol–water partition coefficient (Wildman–Crippen LogP) is 2.40. The van der Waals surface area contributed by atoms with E-state index in [2.05, 4.69) is 13.2 Å². The van der Waals surface area contributed by atoms with Gasteiger partial charge in [-0.3, -0.25) is 4.79 Å². The Bertz CT molecular complexity index is 765. The summed E-state index contributed by atoms with van der Waals surface area (Å²) in [7, 11) is 0. The zero-order valence-electron chi connectivity index (χ0n) is 16.5. The molecule has 0 N–H and O–H groups in total. The Morgan fingerprint density at radius 2 is 2.07 bits per heavy atom. The highest BCUT2D eigenvalue weighted by atomic mass is 16.6. The maximum atomic E-state index is 12.3. The molecule has 2 saturated heterocycles. The summed E-state index contributed by atoms with van der Waals surface area (Å²) >= 11 is 0. The van der Waals surface area contributed by atoms with E-state index in [9.17, 15) is 14.4 Å². The average Bonchev–Trinajstić information content (AvgIpc) is 3.22. The number of epoxide rings is 1. The maximum Gasteiger partial charge on any atom is 0.334 e.